The molecule has 1 saturated heterocycles. The molecule has 1 atom stereocenters. The van der Waals surface area contributed by atoms with Gasteiger partial charge in [-0.2, -0.15) is 0 Å². The molecule has 1 aromatic rings. The standard InChI is InChI=1S/C13H20BrN3/c1-3-17-9-5-6-11(17)10-16(2)13-8-4-7-12(14)15-13/h4,7-8,11H,3,5-6,9-10H2,1-2H3. The van der Waals surface area contributed by atoms with Crippen molar-refractivity contribution in [3.05, 3.63) is 22.8 Å². The number of rotatable bonds is 4. The van der Waals surface area contributed by atoms with Crippen LogP contribution in [0.2, 0.25) is 0 Å². The average molecular weight is 298 g/mol. The molecule has 1 fully saturated rings. The Kier molecular flexibility index (Phi) is 4.40. The highest BCUT2D eigenvalue weighted by Gasteiger charge is 2.24. The van der Waals surface area contributed by atoms with E-state index in [2.05, 4.69) is 50.8 Å². The van der Waals surface area contributed by atoms with Crippen LogP contribution in [0.1, 0.15) is 19.8 Å². The second-order valence-electron chi connectivity index (χ2n) is 4.62. The van der Waals surface area contributed by atoms with Gasteiger partial charge in [0.2, 0.25) is 0 Å². The van der Waals surface area contributed by atoms with Gasteiger partial charge in [0.25, 0.3) is 0 Å². The molecule has 0 amide bonds. The van der Waals surface area contributed by atoms with Crippen molar-refractivity contribution in [1.82, 2.24) is 9.88 Å². The number of pyridine rings is 1. The fourth-order valence-corrected chi connectivity index (χ4v) is 2.87. The first-order valence-corrected chi connectivity index (χ1v) is 7.07. The normalized spacial score (nSPS) is 20.8. The first-order chi connectivity index (χ1) is 8.20. The third-order valence-corrected chi connectivity index (χ3v) is 3.92. The summed E-state index contributed by atoms with van der Waals surface area (Å²) in [4.78, 5) is 9.31. The zero-order valence-corrected chi connectivity index (χ0v) is 12.2. The largest absolute Gasteiger partial charge is 0.358 e. The first-order valence-electron chi connectivity index (χ1n) is 6.28. The molecule has 17 heavy (non-hydrogen) atoms. The Bertz CT molecular complexity index is 369. The highest BCUT2D eigenvalue weighted by Crippen LogP contribution is 2.20. The van der Waals surface area contributed by atoms with E-state index in [1.807, 2.05) is 12.1 Å². The highest BCUT2D eigenvalue weighted by atomic mass is 79.9. The fourth-order valence-electron chi connectivity index (χ4n) is 2.54. The van der Waals surface area contributed by atoms with Crippen LogP contribution >= 0.6 is 15.9 Å². The summed E-state index contributed by atoms with van der Waals surface area (Å²) in [5, 5.41) is 0. The predicted molar refractivity (Wildman–Crippen MR) is 75.5 cm³/mol. The molecule has 3 nitrogen and oxygen atoms in total. The van der Waals surface area contributed by atoms with Crippen LogP contribution < -0.4 is 4.90 Å². The smallest absolute Gasteiger partial charge is 0.129 e. The lowest BCUT2D eigenvalue weighted by Crippen LogP contribution is -2.39. The van der Waals surface area contributed by atoms with E-state index >= 15 is 0 Å². The van der Waals surface area contributed by atoms with Crippen LogP contribution in [0.25, 0.3) is 0 Å². The molecule has 0 aromatic carbocycles. The summed E-state index contributed by atoms with van der Waals surface area (Å²) in [5.41, 5.74) is 0. The Balaban J connectivity index is 1.99. The van der Waals surface area contributed by atoms with Gasteiger partial charge in [0.05, 0.1) is 0 Å². The topological polar surface area (TPSA) is 19.4 Å². The quantitative estimate of drug-likeness (QED) is 0.797. The molecule has 1 aromatic heterocycles. The second-order valence-corrected chi connectivity index (χ2v) is 5.44. The van der Waals surface area contributed by atoms with E-state index in [4.69, 9.17) is 0 Å². The van der Waals surface area contributed by atoms with Gasteiger partial charge in [-0.3, -0.25) is 4.90 Å². The molecule has 1 aliphatic heterocycles. The lowest BCUT2D eigenvalue weighted by Gasteiger charge is -2.28. The Morgan fingerprint density at radius 3 is 3.06 bits per heavy atom. The minimum Gasteiger partial charge on any atom is -0.358 e. The third-order valence-electron chi connectivity index (χ3n) is 3.48. The van der Waals surface area contributed by atoms with Crippen LogP contribution in [-0.4, -0.2) is 42.6 Å². The SMILES string of the molecule is CCN1CCCC1CN(C)c1cccc(Br)n1. The number of likely N-dealkylation sites (tertiary alicyclic amines) is 1. The van der Waals surface area contributed by atoms with E-state index in [1.54, 1.807) is 0 Å². The van der Waals surface area contributed by atoms with E-state index in [0.29, 0.717) is 6.04 Å². The van der Waals surface area contributed by atoms with E-state index in [1.165, 1.54) is 19.4 Å². The van der Waals surface area contributed by atoms with E-state index in [-0.39, 0.29) is 0 Å². The molecule has 1 aliphatic rings. The summed E-state index contributed by atoms with van der Waals surface area (Å²) >= 11 is 3.42. The average Bonchev–Trinajstić information content (AvgIpc) is 2.76. The molecular weight excluding hydrogens is 278 g/mol. The summed E-state index contributed by atoms with van der Waals surface area (Å²) in [7, 11) is 2.13. The maximum Gasteiger partial charge on any atom is 0.129 e. The number of hydrogen-bond acceptors (Lipinski definition) is 3. The molecule has 94 valence electrons. The molecular formula is C13H20BrN3. The van der Waals surface area contributed by atoms with Crippen molar-refractivity contribution in [1.29, 1.82) is 0 Å². The van der Waals surface area contributed by atoms with Crippen LogP contribution in [0.15, 0.2) is 22.8 Å². The molecule has 4 heteroatoms. The van der Waals surface area contributed by atoms with Gasteiger partial charge in [-0.05, 0) is 54.0 Å². The molecule has 0 spiro atoms. The predicted octanol–water partition coefficient (Wildman–Crippen LogP) is 2.76. The Hall–Kier alpha value is -0.610. The van der Waals surface area contributed by atoms with Crippen LogP contribution in [0.3, 0.4) is 0 Å². The van der Waals surface area contributed by atoms with Crippen molar-refractivity contribution in [2.24, 2.45) is 0 Å². The first kappa shape index (κ1) is 12.8. The number of anilines is 1. The molecule has 0 radical (unpaired) electrons. The van der Waals surface area contributed by atoms with Gasteiger partial charge in [-0.15, -0.1) is 0 Å². The number of hydrogen-bond donors (Lipinski definition) is 0. The molecule has 0 aliphatic carbocycles. The summed E-state index contributed by atoms with van der Waals surface area (Å²) in [5.74, 6) is 1.04. The lowest BCUT2D eigenvalue weighted by molar-refractivity contribution is 0.270. The molecule has 0 N–H and O–H groups in total. The third kappa shape index (κ3) is 3.19. The number of halogens is 1. The van der Waals surface area contributed by atoms with Gasteiger partial charge < -0.3 is 4.90 Å². The minimum absolute atomic E-state index is 0.686. The van der Waals surface area contributed by atoms with E-state index in [9.17, 15) is 0 Å². The van der Waals surface area contributed by atoms with E-state index in [0.717, 1.165) is 23.5 Å². The molecule has 1 unspecified atom stereocenters. The van der Waals surface area contributed by atoms with Crippen LogP contribution in [0.5, 0.6) is 0 Å². The minimum atomic E-state index is 0.686. The lowest BCUT2D eigenvalue weighted by atomic mass is 10.2. The van der Waals surface area contributed by atoms with Gasteiger partial charge in [-0.1, -0.05) is 13.0 Å². The van der Waals surface area contributed by atoms with Crippen LogP contribution in [0, 0.1) is 0 Å². The van der Waals surface area contributed by atoms with E-state index < -0.39 is 0 Å². The number of likely N-dealkylation sites (N-methyl/N-ethyl adjacent to an activating group) is 2. The summed E-state index contributed by atoms with van der Waals surface area (Å²) in [6.45, 7) is 5.72. The van der Waals surface area contributed by atoms with Crippen molar-refractivity contribution in [3.63, 3.8) is 0 Å². The zero-order chi connectivity index (χ0) is 12.3. The van der Waals surface area contributed by atoms with Gasteiger partial charge in [0, 0.05) is 19.6 Å². The Morgan fingerprint density at radius 2 is 2.35 bits per heavy atom. The maximum atomic E-state index is 4.49. The molecule has 2 heterocycles. The summed E-state index contributed by atoms with van der Waals surface area (Å²) in [6.07, 6.45) is 2.64. The van der Waals surface area contributed by atoms with Crippen molar-refractivity contribution in [2.75, 3.05) is 31.6 Å². The van der Waals surface area contributed by atoms with Crippen molar-refractivity contribution >= 4 is 21.7 Å². The zero-order valence-electron chi connectivity index (χ0n) is 10.6. The molecule has 0 bridgehead atoms. The van der Waals surface area contributed by atoms with Crippen molar-refractivity contribution in [2.45, 2.75) is 25.8 Å². The van der Waals surface area contributed by atoms with Crippen molar-refractivity contribution < 1.29 is 0 Å². The van der Waals surface area contributed by atoms with Gasteiger partial charge >= 0.3 is 0 Å². The molecule has 0 saturated carbocycles. The van der Waals surface area contributed by atoms with Crippen molar-refractivity contribution in [3.8, 4) is 0 Å². The van der Waals surface area contributed by atoms with Gasteiger partial charge in [-0.25, -0.2) is 4.98 Å². The molecule has 2 rings (SSSR count). The Labute approximate surface area is 112 Å². The van der Waals surface area contributed by atoms with Crippen LogP contribution in [0.4, 0.5) is 5.82 Å². The highest BCUT2D eigenvalue weighted by molar-refractivity contribution is 9.10. The fraction of sp³-hybridized carbons (Fsp3) is 0.615. The van der Waals surface area contributed by atoms with Gasteiger partial charge in [0.15, 0.2) is 0 Å². The van der Waals surface area contributed by atoms with Gasteiger partial charge in [0.1, 0.15) is 10.4 Å². The Morgan fingerprint density at radius 1 is 1.53 bits per heavy atom. The summed E-state index contributed by atoms with van der Waals surface area (Å²) < 4.78 is 0.903. The van der Waals surface area contributed by atoms with Crippen LogP contribution in [-0.2, 0) is 0 Å². The second kappa shape index (κ2) is 5.83. The maximum absolute atomic E-state index is 4.49. The monoisotopic (exact) mass is 297 g/mol. The summed E-state index contributed by atoms with van der Waals surface area (Å²) in [6, 6.07) is 6.75. The number of nitrogens with zero attached hydrogens (tertiary/aromatic N) is 3. The number of aromatic nitrogens is 1.